The maximum absolute atomic E-state index is 5.86. The first-order valence-corrected chi connectivity index (χ1v) is 6.82. The van der Waals surface area contributed by atoms with Crippen molar-refractivity contribution in [2.45, 2.75) is 26.8 Å². The average molecular weight is 253 g/mol. The van der Waals surface area contributed by atoms with E-state index in [0.29, 0.717) is 6.73 Å². The van der Waals surface area contributed by atoms with E-state index in [4.69, 9.17) is 4.74 Å². The Kier molecular flexibility index (Phi) is 3.16. The van der Waals surface area contributed by atoms with Crippen LogP contribution >= 0.6 is 0 Å². The number of aryl methyl sites for hydroxylation is 2. The van der Waals surface area contributed by atoms with E-state index in [2.05, 4.69) is 61.2 Å². The lowest BCUT2D eigenvalue weighted by Gasteiger charge is -2.31. The lowest BCUT2D eigenvalue weighted by molar-refractivity contribution is 0.289. The molecular formula is C17H19NO. The normalized spacial score (nSPS) is 13.9. The Balaban J connectivity index is 1.88. The van der Waals surface area contributed by atoms with Crippen LogP contribution in [-0.2, 0) is 13.0 Å². The minimum Gasteiger partial charge on any atom is -0.473 e. The van der Waals surface area contributed by atoms with E-state index in [1.165, 1.54) is 22.4 Å². The highest BCUT2D eigenvalue weighted by atomic mass is 16.5. The van der Waals surface area contributed by atoms with Crippen molar-refractivity contribution in [3.05, 3.63) is 59.2 Å². The second-order valence-corrected chi connectivity index (χ2v) is 5.11. The van der Waals surface area contributed by atoms with Crippen LogP contribution in [0.4, 0.5) is 5.69 Å². The zero-order chi connectivity index (χ0) is 13.2. The molecule has 0 radical (unpaired) electrons. The number of fused-ring (bicyclic) bond motifs is 1. The van der Waals surface area contributed by atoms with Gasteiger partial charge in [0.1, 0.15) is 5.75 Å². The molecule has 98 valence electrons. The third-order valence-corrected chi connectivity index (χ3v) is 3.64. The van der Waals surface area contributed by atoms with Crippen molar-refractivity contribution in [3.8, 4) is 5.75 Å². The van der Waals surface area contributed by atoms with Gasteiger partial charge < -0.3 is 9.64 Å². The quantitative estimate of drug-likeness (QED) is 0.804. The number of rotatable bonds is 2. The van der Waals surface area contributed by atoms with Crippen molar-refractivity contribution < 1.29 is 4.74 Å². The first-order chi connectivity index (χ1) is 9.26. The molecule has 0 spiro atoms. The summed E-state index contributed by atoms with van der Waals surface area (Å²) in [5.41, 5.74) is 5.17. The van der Waals surface area contributed by atoms with Gasteiger partial charge in [0, 0.05) is 17.8 Å². The van der Waals surface area contributed by atoms with Crippen LogP contribution in [0, 0.1) is 6.92 Å². The van der Waals surface area contributed by atoms with Gasteiger partial charge in [-0.05, 0) is 42.7 Å². The molecule has 0 saturated carbocycles. The van der Waals surface area contributed by atoms with Crippen LogP contribution in [-0.4, -0.2) is 6.73 Å². The Morgan fingerprint density at radius 2 is 2.05 bits per heavy atom. The Hall–Kier alpha value is -1.96. The summed E-state index contributed by atoms with van der Waals surface area (Å²) in [6.07, 6.45) is 1.07. The van der Waals surface area contributed by atoms with Gasteiger partial charge in [0.2, 0.25) is 0 Å². The van der Waals surface area contributed by atoms with E-state index >= 15 is 0 Å². The molecule has 3 rings (SSSR count). The molecular weight excluding hydrogens is 234 g/mol. The van der Waals surface area contributed by atoms with Gasteiger partial charge in [0.25, 0.3) is 0 Å². The third kappa shape index (κ3) is 2.43. The summed E-state index contributed by atoms with van der Waals surface area (Å²) in [5.74, 6) is 1.03. The van der Waals surface area contributed by atoms with Gasteiger partial charge in [0.05, 0.1) is 0 Å². The van der Waals surface area contributed by atoms with Gasteiger partial charge in [0.15, 0.2) is 6.73 Å². The molecule has 0 amide bonds. The predicted octanol–water partition coefficient (Wildman–Crippen LogP) is 3.91. The maximum Gasteiger partial charge on any atom is 0.161 e. The average Bonchev–Trinajstić information content (AvgIpc) is 2.46. The summed E-state index contributed by atoms with van der Waals surface area (Å²) in [7, 11) is 0. The van der Waals surface area contributed by atoms with E-state index in [1.54, 1.807) is 0 Å². The van der Waals surface area contributed by atoms with E-state index < -0.39 is 0 Å². The molecule has 2 nitrogen and oxygen atoms in total. The number of hydrogen-bond acceptors (Lipinski definition) is 2. The number of nitrogens with zero attached hydrogens (tertiary/aromatic N) is 1. The molecule has 2 heteroatoms. The van der Waals surface area contributed by atoms with Crippen LogP contribution in [0.3, 0.4) is 0 Å². The van der Waals surface area contributed by atoms with Crippen LogP contribution in [0.5, 0.6) is 5.75 Å². The lowest BCUT2D eigenvalue weighted by atomic mass is 10.1. The van der Waals surface area contributed by atoms with Crippen molar-refractivity contribution >= 4 is 5.69 Å². The van der Waals surface area contributed by atoms with Gasteiger partial charge in [-0.25, -0.2) is 0 Å². The zero-order valence-corrected chi connectivity index (χ0v) is 11.5. The highest BCUT2D eigenvalue weighted by Crippen LogP contribution is 2.29. The topological polar surface area (TPSA) is 12.5 Å². The van der Waals surface area contributed by atoms with Crippen molar-refractivity contribution in [1.29, 1.82) is 0 Å². The summed E-state index contributed by atoms with van der Waals surface area (Å²) < 4.78 is 5.86. The summed E-state index contributed by atoms with van der Waals surface area (Å²) in [6.45, 7) is 5.86. The fourth-order valence-corrected chi connectivity index (χ4v) is 2.51. The zero-order valence-electron chi connectivity index (χ0n) is 11.5. The molecule has 19 heavy (non-hydrogen) atoms. The molecule has 0 atom stereocenters. The van der Waals surface area contributed by atoms with E-state index in [1.807, 2.05) is 0 Å². The minimum absolute atomic E-state index is 0.627. The fourth-order valence-electron chi connectivity index (χ4n) is 2.51. The van der Waals surface area contributed by atoms with Crippen LogP contribution in [0.1, 0.15) is 23.6 Å². The Bertz CT molecular complexity index is 592. The van der Waals surface area contributed by atoms with E-state index in [-0.39, 0.29) is 0 Å². The molecule has 1 aliphatic heterocycles. The maximum atomic E-state index is 5.86. The first kappa shape index (κ1) is 12.1. The molecule has 0 fully saturated rings. The van der Waals surface area contributed by atoms with Crippen LogP contribution in [0.25, 0.3) is 0 Å². The summed E-state index contributed by atoms with van der Waals surface area (Å²) in [6, 6.07) is 15.1. The smallest absolute Gasteiger partial charge is 0.161 e. The molecule has 0 unspecified atom stereocenters. The van der Waals surface area contributed by atoms with Crippen molar-refractivity contribution in [3.63, 3.8) is 0 Å². The minimum atomic E-state index is 0.627. The number of hydrogen-bond donors (Lipinski definition) is 0. The molecule has 0 N–H and O–H groups in total. The van der Waals surface area contributed by atoms with E-state index in [0.717, 1.165) is 18.7 Å². The molecule has 0 saturated heterocycles. The van der Waals surface area contributed by atoms with Crippen LogP contribution in [0.2, 0.25) is 0 Å². The molecule has 1 aliphatic rings. The number of benzene rings is 2. The fraction of sp³-hybridized carbons (Fsp3) is 0.294. The Morgan fingerprint density at radius 1 is 1.16 bits per heavy atom. The highest BCUT2D eigenvalue weighted by molar-refractivity contribution is 5.51. The van der Waals surface area contributed by atoms with Gasteiger partial charge >= 0.3 is 0 Å². The second kappa shape index (κ2) is 4.96. The van der Waals surface area contributed by atoms with E-state index in [9.17, 15) is 0 Å². The molecule has 0 bridgehead atoms. The summed E-state index contributed by atoms with van der Waals surface area (Å²) in [4.78, 5) is 2.27. The molecule has 2 aromatic carbocycles. The standard InChI is InChI=1S/C17H19NO/c1-3-14-7-8-17-15(10-14)11-18(12-19-17)16-6-4-5-13(2)9-16/h4-10H,3,11-12H2,1-2H3. The van der Waals surface area contributed by atoms with Crippen molar-refractivity contribution in [1.82, 2.24) is 0 Å². The first-order valence-electron chi connectivity index (χ1n) is 6.82. The third-order valence-electron chi connectivity index (χ3n) is 3.64. The van der Waals surface area contributed by atoms with Gasteiger partial charge in [-0.2, -0.15) is 0 Å². The molecule has 0 aliphatic carbocycles. The second-order valence-electron chi connectivity index (χ2n) is 5.11. The molecule has 1 heterocycles. The number of ether oxygens (including phenoxy) is 1. The van der Waals surface area contributed by atoms with Gasteiger partial charge in [-0.3, -0.25) is 0 Å². The predicted molar refractivity (Wildman–Crippen MR) is 78.7 cm³/mol. The van der Waals surface area contributed by atoms with Crippen LogP contribution < -0.4 is 9.64 Å². The molecule has 2 aromatic rings. The van der Waals surface area contributed by atoms with Crippen LogP contribution in [0.15, 0.2) is 42.5 Å². The van der Waals surface area contributed by atoms with Gasteiger partial charge in [-0.15, -0.1) is 0 Å². The summed E-state index contributed by atoms with van der Waals surface area (Å²) in [5, 5.41) is 0. The van der Waals surface area contributed by atoms with Crippen molar-refractivity contribution in [2.75, 3.05) is 11.6 Å². The largest absolute Gasteiger partial charge is 0.473 e. The Labute approximate surface area is 114 Å². The summed E-state index contributed by atoms with van der Waals surface area (Å²) >= 11 is 0. The monoisotopic (exact) mass is 253 g/mol. The lowest BCUT2D eigenvalue weighted by Crippen LogP contribution is -2.31. The number of anilines is 1. The molecule has 0 aromatic heterocycles. The highest BCUT2D eigenvalue weighted by Gasteiger charge is 2.17. The van der Waals surface area contributed by atoms with Crippen molar-refractivity contribution in [2.24, 2.45) is 0 Å². The Morgan fingerprint density at radius 3 is 2.84 bits per heavy atom. The van der Waals surface area contributed by atoms with Gasteiger partial charge in [-0.1, -0.05) is 31.2 Å². The SMILES string of the molecule is CCc1ccc2c(c1)CN(c1cccc(C)c1)CO2.